The van der Waals surface area contributed by atoms with Gasteiger partial charge in [0.2, 0.25) is 0 Å². The minimum atomic E-state index is -0.336. The fourth-order valence-electron chi connectivity index (χ4n) is 2.35. The van der Waals surface area contributed by atoms with E-state index in [1.807, 2.05) is 18.2 Å². The van der Waals surface area contributed by atoms with Crippen LogP contribution >= 0.6 is 0 Å². The van der Waals surface area contributed by atoms with E-state index in [1.54, 1.807) is 4.90 Å². The van der Waals surface area contributed by atoms with Crippen LogP contribution in [0, 0.1) is 4.91 Å². The maximum atomic E-state index is 11.6. The van der Waals surface area contributed by atoms with Gasteiger partial charge in [-0.2, -0.15) is 4.91 Å². The number of ether oxygens (including phenoxy) is 1. The third-order valence-electron chi connectivity index (χ3n) is 3.10. The number of benzene rings is 1. The van der Waals surface area contributed by atoms with E-state index in [0.717, 1.165) is 16.8 Å². The first-order valence-corrected chi connectivity index (χ1v) is 5.20. The van der Waals surface area contributed by atoms with Crippen LogP contribution in [0.4, 0.5) is 10.5 Å². The van der Waals surface area contributed by atoms with Crippen LogP contribution < -0.4 is 4.90 Å². The van der Waals surface area contributed by atoms with Gasteiger partial charge in [0.15, 0.2) is 0 Å². The van der Waals surface area contributed by atoms with Crippen LogP contribution in [-0.2, 0) is 11.3 Å². The maximum Gasteiger partial charge on any atom is 0.414 e. The molecule has 3 rings (SSSR count). The molecule has 1 aromatic carbocycles. The molecule has 0 radical (unpaired) electrons. The molecule has 1 unspecified atom stereocenters. The van der Waals surface area contributed by atoms with Gasteiger partial charge in [-0.05, 0) is 6.42 Å². The number of hydrogen-bond acceptors (Lipinski definition) is 4. The number of hydrogen-bond donors (Lipinski definition) is 0. The molecular formula is C11H10N2O3. The Morgan fingerprint density at radius 3 is 3.12 bits per heavy atom. The zero-order valence-corrected chi connectivity index (χ0v) is 8.55. The lowest BCUT2D eigenvalue weighted by Gasteiger charge is -2.35. The molecule has 0 aromatic heterocycles. The topological polar surface area (TPSA) is 59.0 Å². The lowest BCUT2D eigenvalue weighted by molar-refractivity contribution is 0.140. The highest BCUT2D eigenvalue weighted by atomic mass is 16.6. The van der Waals surface area contributed by atoms with Crippen LogP contribution in [-0.4, -0.2) is 12.6 Å². The Balaban J connectivity index is 2.20. The highest BCUT2D eigenvalue weighted by Crippen LogP contribution is 2.40. The van der Waals surface area contributed by atoms with Crippen molar-refractivity contribution in [3.63, 3.8) is 0 Å². The summed E-state index contributed by atoms with van der Waals surface area (Å²) in [7, 11) is 0. The Morgan fingerprint density at radius 1 is 1.44 bits per heavy atom. The molecule has 0 spiro atoms. The van der Waals surface area contributed by atoms with Gasteiger partial charge in [-0.25, -0.2) is 4.79 Å². The molecule has 0 saturated heterocycles. The van der Waals surface area contributed by atoms with Crippen LogP contribution in [0.5, 0.6) is 0 Å². The van der Waals surface area contributed by atoms with Crippen LogP contribution in [0.2, 0.25) is 0 Å². The third kappa shape index (κ3) is 1.14. The molecule has 5 heteroatoms. The Hall–Kier alpha value is -1.91. The van der Waals surface area contributed by atoms with Gasteiger partial charge in [-0.3, -0.25) is 4.90 Å². The molecule has 2 aliphatic heterocycles. The normalized spacial score (nSPS) is 22.4. The summed E-state index contributed by atoms with van der Waals surface area (Å²) in [6.07, 6.45) is 0.235. The van der Waals surface area contributed by atoms with Crippen molar-refractivity contribution in [1.82, 2.24) is 0 Å². The maximum absolute atomic E-state index is 11.6. The lowest BCUT2D eigenvalue weighted by atomic mass is 9.94. The summed E-state index contributed by atoms with van der Waals surface area (Å²) >= 11 is 0. The summed E-state index contributed by atoms with van der Waals surface area (Å²) < 4.78 is 5.04. The molecule has 1 aromatic rings. The van der Waals surface area contributed by atoms with E-state index >= 15 is 0 Å². The van der Waals surface area contributed by atoms with Crippen molar-refractivity contribution in [2.45, 2.75) is 19.1 Å². The van der Waals surface area contributed by atoms with Crippen molar-refractivity contribution in [2.75, 3.05) is 11.4 Å². The number of cyclic esters (lactones) is 1. The Bertz CT molecular complexity index is 472. The van der Waals surface area contributed by atoms with Crippen molar-refractivity contribution in [2.24, 2.45) is 5.18 Å². The van der Waals surface area contributed by atoms with Crippen molar-refractivity contribution >= 4 is 11.8 Å². The Labute approximate surface area is 92.0 Å². The first-order valence-electron chi connectivity index (χ1n) is 5.20. The largest absolute Gasteiger partial charge is 0.444 e. The number of rotatable bonds is 1. The van der Waals surface area contributed by atoms with Gasteiger partial charge in [0, 0.05) is 17.7 Å². The Kier molecular flexibility index (Phi) is 1.92. The van der Waals surface area contributed by atoms with Crippen LogP contribution in [0.3, 0.4) is 0 Å². The van der Waals surface area contributed by atoms with Gasteiger partial charge in [0.05, 0.1) is 5.69 Å². The SMILES string of the molecule is O=NC1CCN2C(=O)OCc3cccc1c32. The minimum Gasteiger partial charge on any atom is -0.444 e. The molecule has 1 amide bonds. The molecular weight excluding hydrogens is 208 g/mol. The van der Waals surface area contributed by atoms with Gasteiger partial charge < -0.3 is 4.74 Å². The van der Waals surface area contributed by atoms with E-state index in [2.05, 4.69) is 5.18 Å². The zero-order chi connectivity index (χ0) is 11.1. The number of amides is 1. The molecule has 0 fully saturated rings. The summed E-state index contributed by atoms with van der Waals surface area (Å²) in [5.41, 5.74) is 2.62. The highest BCUT2D eigenvalue weighted by molar-refractivity contribution is 5.92. The smallest absolute Gasteiger partial charge is 0.414 e. The first kappa shape index (κ1) is 9.33. The van der Waals surface area contributed by atoms with Crippen LogP contribution in [0.1, 0.15) is 23.6 Å². The molecule has 2 heterocycles. The predicted octanol–water partition coefficient (Wildman–Crippen LogP) is 2.35. The van der Waals surface area contributed by atoms with Gasteiger partial charge in [-0.1, -0.05) is 23.4 Å². The van der Waals surface area contributed by atoms with Crippen molar-refractivity contribution in [1.29, 1.82) is 0 Å². The van der Waals surface area contributed by atoms with E-state index in [1.165, 1.54) is 0 Å². The summed E-state index contributed by atoms with van der Waals surface area (Å²) in [4.78, 5) is 23.9. The number of carbonyl (C=O) groups excluding carboxylic acids is 1. The van der Waals surface area contributed by atoms with Crippen molar-refractivity contribution < 1.29 is 9.53 Å². The third-order valence-corrected chi connectivity index (χ3v) is 3.10. The van der Waals surface area contributed by atoms with E-state index in [-0.39, 0.29) is 18.7 Å². The second-order valence-corrected chi connectivity index (χ2v) is 3.97. The lowest BCUT2D eigenvalue weighted by Crippen LogP contribution is -2.40. The molecule has 0 N–H and O–H groups in total. The molecule has 0 aliphatic carbocycles. The average Bonchev–Trinajstić information content (AvgIpc) is 2.34. The molecule has 1 atom stereocenters. The molecule has 82 valence electrons. The van der Waals surface area contributed by atoms with Crippen molar-refractivity contribution in [3.8, 4) is 0 Å². The summed E-state index contributed by atoms with van der Waals surface area (Å²) in [5, 5.41) is 3.12. The minimum absolute atomic E-state index is 0.282. The van der Waals surface area contributed by atoms with Gasteiger partial charge in [-0.15, -0.1) is 0 Å². The predicted molar refractivity (Wildman–Crippen MR) is 57.1 cm³/mol. The highest BCUT2D eigenvalue weighted by Gasteiger charge is 2.34. The monoisotopic (exact) mass is 218 g/mol. The standard InChI is InChI=1S/C11H10N2O3/c14-11-13-5-4-9(12-15)8-3-1-2-7(6-16-11)10(8)13/h1-3,9H,4-6H2. The molecule has 0 bridgehead atoms. The number of anilines is 1. The van der Waals surface area contributed by atoms with Crippen LogP contribution in [0.25, 0.3) is 0 Å². The fraction of sp³-hybridized carbons (Fsp3) is 0.364. The fourth-order valence-corrected chi connectivity index (χ4v) is 2.35. The number of para-hydroxylation sites is 1. The average molecular weight is 218 g/mol. The first-order chi connectivity index (χ1) is 7.81. The molecule has 0 saturated carbocycles. The summed E-state index contributed by atoms with van der Waals surface area (Å²) in [6.45, 7) is 0.781. The summed E-state index contributed by atoms with van der Waals surface area (Å²) in [5.74, 6) is 0. The number of nitroso groups, excluding NO2 is 1. The van der Waals surface area contributed by atoms with Gasteiger partial charge >= 0.3 is 6.09 Å². The van der Waals surface area contributed by atoms with E-state index in [0.29, 0.717) is 13.0 Å². The summed E-state index contributed by atoms with van der Waals surface area (Å²) in [6, 6.07) is 5.30. The number of nitrogens with zero attached hydrogens (tertiary/aromatic N) is 2. The van der Waals surface area contributed by atoms with Gasteiger partial charge in [0.25, 0.3) is 0 Å². The van der Waals surface area contributed by atoms with E-state index in [9.17, 15) is 9.70 Å². The molecule has 2 aliphatic rings. The molecule has 16 heavy (non-hydrogen) atoms. The quantitative estimate of drug-likeness (QED) is 0.680. The second-order valence-electron chi connectivity index (χ2n) is 3.97. The number of carbonyl (C=O) groups is 1. The zero-order valence-electron chi connectivity index (χ0n) is 8.55. The van der Waals surface area contributed by atoms with Gasteiger partial charge in [0.1, 0.15) is 12.6 Å². The molecule has 5 nitrogen and oxygen atoms in total. The van der Waals surface area contributed by atoms with E-state index < -0.39 is 0 Å². The van der Waals surface area contributed by atoms with Crippen molar-refractivity contribution in [3.05, 3.63) is 34.2 Å². The van der Waals surface area contributed by atoms with E-state index in [4.69, 9.17) is 4.74 Å². The van der Waals surface area contributed by atoms with Crippen LogP contribution in [0.15, 0.2) is 23.4 Å². The second kappa shape index (κ2) is 3.30. The Morgan fingerprint density at radius 2 is 2.31 bits per heavy atom.